The van der Waals surface area contributed by atoms with Crippen molar-refractivity contribution >= 4 is 21.8 Å². The van der Waals surface area contributed by atoms with Crippen LogP contribution < -0.4 is 0 Å². The van der Waals surface area contributed by atoms with Crippen LogP contribution in [0.25, 0.3) is 129 Å². The van der Waals surface area contributed by atoms with E-state index < -0.39 is 0 Å². The van der Waals surface area contributed by atoms with Crippen LogP contribution in [-0.2, 0) is 0 Å². The molecule has 0 aliphatic carbocycles. The molecule has 0 bridgehead atoms. The van der Waals surface area contributed by atoms with Gasteiger partial charge in [-0.15, -0.1) is 0 Å². The fourth-order valence-electron chi connectivity index (χ4n) is 9.94. The Morgan fingerprint density at radius 1 is 0.299 bits per heavy atom. The molecule has 0 spiro atoms. The zero-order chi connectivity index (χ0) is 51.7. The number of fused-ring (bicyclic) bond motifs is 3. The van der Waals surface area contributed by atoms with Crippen LogP contribution in [-0.4, -0.2) is 39.5 Å². The quantitative estimate of drug-likeness (QED) is 0.131. The number of hydrogen-bond acceptors (Lipinski definition) is 9. The van der Waals surface area contributed by atoms with Crippen LogP contribution in [0.4, 0.5) is 0 Å². The molecule has 358 valence electrons. The van der Waals surface area contributed by atoms with E-state index in [1.807, 2.05) is 182 Å². The SMILES string of the molecule is N#Cc1cccc(-c2ccc3c(c2)c2cc(-c4cccc(C#N)c4)ccc2n3-c2ccc(-c3nc(-c4ccccc4)nc(-c4ccccc4)n3)cc2-c2ccncc2-c2nc(-c3ccccc3)nc(-c3ccccc3)n2)c1. The number of hydrogen-bond donors (Lipinski definition) is 0. The lowest BCUT2D eigenvalue weighted by atomic mass is 9.96. The summed E-state index contributed by atoms with van der Waals surface area (Å²) in [6, 6.07) is 81.1. The lowest BCUT2D eigenvalue weighted by molar-refractivity contribution is 1.07. The number of aromatic nitrogens is 8. The van der Waals surface area contributed by atoms with Crippen molar-refractivity contribution < 1.29 is 0 Å². The minimum Gasteiger partial charge on any atom is -0.309 e. The van der Waals surface area contributed by atoms with Gasteiger partial charge in [0.05, 0.1) is 40.0 Å². The maximum atomic E-state index is 9.90. The summed E-state index contributed by atoms with van der Waals surface area (Å²) in [4.78, 5) is 35.6. The molecule has 4 aromatic heterocycles. The van der Waals surface area contributed by atoms with E-state index in [-0.39, 0.29) is 0 Å². The molecule has 0 aliphatic rings. The standard InChI is InChI=1S/C67H40N10/c68-40-43-15-13-25-49(35-43)51-27-30-60-56(37-51)57-38-52(50-26-14-16-44(36-50)41-69)28-31-61(57)77(60)59-32-29-53(66-73-62(45-17-5-1-6-18-45)71-63(74-66)46-19-7-2-8-20-46)39-55(59)54-33-34-70-42-58(54)67-75-64(47-21-9-3-10-22-47)72-65(76-67)48-23-11-4-12-24-48/h1-39,42H. The summed E-state index contributed by atoms with van der Waals surface area (Å²) in [6.45, 7) is 0. The molecule has 0 fully saturated rings. The van der Waals surface area contributed by atoms with Crippen molar-refractivity contribution in [3.63, 3.8) is 0 Å². The normalized spacial score (nSPS) is 11.1. The molecule has 0 amide bonds. The Bertz CT molecular complexity index is 4240. The van der Waals surface area contributed by atoms with Gasteiger partial charge >= 0.3 is 0 Å². The molecule has 0 atom stereocenters. The summed E-state index contributed by atoms with van der Waals surface area (Å²) in [5, 5.41) is 21.8. The summed E-state index contributed by atoms with van der Waals surface area (Å²) in [5.74, 6) is 3.10. The van der Waals surface area contributed by atoms with Crippen LogP contribution in [0.3, 0.4) is 0 Å². The number of benzene rings is 9. The van der Waals surface area contributed by atoms with Crippen molar-refractivity contribution in [3.05, 3.63) is 254 Å². The molecule has 0 saturated heterocycles. The molecule has 0 saturated carbocycles. The summed E-state index contributed by atoms with van der Waals surface area (Å²) >= 11 is 0. The van der Waals surface area contributed by atoms with Gasteiger partial charge in [0, 0.05) is 62.1 Å². The lowest BCUT2D eigenvalue weighted by Gasteiger charge is -2.18. The Kier molecular flexibility index (Phi) is 11.7. The third-order valence-corrected chi connectivity index (χ3v) is 13.7. The molecule has 77 heavy (non-hydrogen) atoms. The fraction of sp³-hybridized carbons (Fsp3) is 0. The summed E-state index contributed by atoms with van der Waals surface area (Å²) in [7, 11) is 0. The first-order valence-electron chi connectivity index (χ1n) is 25.0. The Hall–Kier alpha value is -11.1. The maximum absolute atomic E-state index is 9.90. The second kappa shape index (κ2) is 19.7. The minimum atomic E-state index is 0.450. The average molecular weight is 985 g/mol. The van der Waals surface area contributed by atoms with Gasteiger partial charge < -0.3 is 4.57 Å². The molecule has 10 nitrogen and oxygen atoms in total. The Morgan fingerprint density at radius 2 is 0.688 bits per heavy atom. The number of nitriles is 2. The van der Waals surface area contributed by atoms with Gasteiger partial charge in [-0.1, -0.05) is 158 Å². The molecule has 0 unspecified atom stereocenters. The zero-order valence-corrected chi connectivity index (χ0v) is 41.1. The van der Waals surface area contributed by atoms with Crippen LogP contribution in [0.15, 0.2) is 243 Å². The fourth-order valence-corrected chi connectivity index (χ4v) is 9.94. The van der Waals surface area contributed by atoms with Crippen LogP contribution in [0.2, 0.25) is 0 Å². The largest absolute Gasteiger partial charge is 0.309 e. The smallest absolute Gasteiger partial charge is 0.166 e. The van der Waals surface area contributed by atoms with Gasteiger partial charge in [0.15, 0.2) is 34.9 Å². The Morgan fingerprint density at radius 3 is 1.13 bits per heavy atom. The first-order valence-corrected chi connectivity index (χ1v) is 25.0. The van der Waals surface area contributed by atoms with Crippen molar-refractivity contribution in [2.24, 2.45) is 0 Å². The maximum Gasteiger partial charge on any atom is 0.166 e. The Balaban J connectivity index is 1.10. The van der Waals surface area contributed by atoms with Gasteiger partial charge in [-0.05, 0) is 101 Å². The summed E-state index contributed by atoms with van der Waals surface area (Å²) in [5.41, 5.74) is 14.2. The van der Waals surface area contributed by atoms with E-state index in [2.05, 4.69) is 71.3 Å². The predicted octanol–water partition coefficient (Wildman–Crippen LogP) is 15.3. The van der Waals surface area contributed by atoms with E-state index in [9.17, 15) is 10.5 Å². The first-order chi connectivity index (χ1) is 38.0. The van der Waals surface area contributed by atoms with E-state index in [0.29, 0.717) is 51.6 Å². The number of rotatable bonds is 10. The van der Waals surface area contributed by atoms with E-state index in [4.69, 9.17) is 34.9 Å². The van der Waals surface area contributed by atoms with Gasteiger partial charge in [-0.2, -0.15) is 10.5 Å². The second-order valence-corrected chi connectivity index (χ2v) is 18.4. The van der Waals surface area contributed by atoms with Crippen LogP contribution in [0, 0.1) is 22.7 Å². The van der Waals surface area contributed by atoms with Crippen molar-refractivity contribution in [1.82, 2.24) is 39.5 Å². The van der Waals surface area contributed by atoms with Crippen molar-refractivity contribution in [1.29, 1.82) is 10.5 Å². The second-order valence-electron chi connectivity index (χ2n) is 18.4. The van der Waals surface area contributed by atoms with Crippen molar-refractivity contribution in [3.8, 4) is 120 Å². The topological polar surface area (TPSA) is 143 Å². The summed E-state index contributed by atoms with van der Waals surface area (Å²) in [6.07, 6.45) is 3.62. The van der Waals surface area contributed by atoms with Gasteiger partial charge in [0.1, 0.15) is 0 Å². The van der Waals surface area contributed by atoms with Gasteiger partial charge in [-0.3, -0.25) is 4.98 Å². The van der Waals surface area contributed by atoms with Gasteiger partial charge in [0.2, 0.25) is 0 Å². The van der Waals surface area contributed by atoms with E-state index in [1.54, 1.807) is 6.20 Å². The van der Waals surface area contributed by atoms with Crippen molar-refractivity contribution in [2.45, 2.75) is 0 Å². The minimum absolute atomic E-state index is 0.450. The van der Waals surface area contributed by atoms with E-state index in [0.717, 1.165) is 88.7 Å². The molecule has 0 aliphatic heterocycles. The van der Waals surface area contributed by atoms with Crippen LogP contribution in [0.1, 0.15) is 11.1 Å². The highest BCUT2D eigenvalue weighted by Crippen LogP contribution is 2.43. The molecule has 4 heterocycles. The molecule has 10 heteroatoms. The van der Waals surface area contributed by atoms with Gasteiger partial charge in [0.25, 0.3) is 0 Å². The lowest BCUT2D eigenvalue weighted by Crippen LogP contribution is -2.04. The first kappa shape index (κ1) is 45.8. The number of pyridine rings is 1. The van der Waals surface area contributed by atoms with Crippen molar-refractivity contribution in [2.75, 3.05) is 0 Å². The molecule has 13 rings (SSSR count). The van der Waals surface area contributed by atoms with E-state index >= 15 is 0 Å². The van der Waals surface area contributed by atoms with Crippen LogP contribution in [0.5, 0.6) is 0 Å². The highest BCUT2D eigenvalue weighted by atomic mass is 15.0. The highest BCUT2D eigenvalue weighted by Gasteiger charge is 2.23. The summed E-state index contributed by atoms with van der Waals surface area (Å²) < 4.78 is 2.30. The molecule has 0 radical (unpaired) electrons. The molecule has 13 aromatic rings. The Labute approximate surface area is 443 Å². The molecular formula is C67H40N10. The monoisotopic (exact) mass is 984 g/mol. The number of nitrogens with zero attached hydrogens (tertiary/aromatic N) is 10. The molecule has 9 aromatic carbocycles. The van der Waals surface area contributed by atoms with Crippen LogP contribution >= 0.6 is 0 Å². The third-order valence-electron chi connectivity index (χ3n) is 13.7. The highest BCUT2D eigenvalue weighted by molar-refractivity contribution is 6.12. The zero-order valence-electron chi connectivity index (χ0n) is 41.1. The van der Waals surface area contributed by atoms with E-state index in [1.165, 1.54) is 0 Å². The van der Waals surface area contributed by atoms with Gasteiger partial charge in [-0.25, -0.2) is 29.9 Å². The average Bonchev–Trinajstić information content (AvgIpc) is 3.90. The molecule has 0 N–H and O–H groups in total. The third kappa shape index (κ3) is 8.80. The predicted molar refractivity (Wildman–Crippen MR) is 304 cm³/mol. The molecular weight excluding hydrogens is 945 g/mol.